The van der Waals surface area contributed by atoms with Gasteiger partial charge in [-0.15, -0.1) is 0 Å². The minimum absolute atomic E-state index is 0.0567. The van der Waals surface area contributed by atoms with Crippen molar-refractivity contribution in [1.29, 1.82) is 0 Å². The van der Waals surface area contributed by atoms with Crippen molar-refractivity contribution in [3.8, 4) is 0 Å². The third kappa shape index (κ3) is 6.09. The predicted molar refractivity (Wildman–Crippen MR) is 136 cm³/mol. The van der Waals surface area contributed by atoms with E-state index in [9.17, 15) is 19.2 Å². The van der Waals surface area contributed by atoms with Gasteiger partial charge in [-0.1, -0.05) is 70.5 Å². The Bertz CT molecular complexity index is 1170. The molecule has 3 rings (SSSR count). The lowest BCUT2D eigenvalue weighted by Gasteiger charge is -2.13. The maximum atomic E-state index is 12.7. The van der Waals surface area contributed by atoms with Gasteiger partial charge < -0.3 is 10.1 Å². The van der Waals surface area contributed by atoms with Crippen LogP contribution in [0.3, 0.4) is 0 Å². The van der Waals surface area contributed by atoms with Gasteiger partial charge >= 0.3 is 5.97 Å². The SMILES string of the molecule is Cc1ccc(NC(=O)COC(=O)CCCCCN2C(=O)c3c(Cl)c(Cl)c(Cl)c(Cl)c3C2=O)c(C)c1. The van der Waals surface area contributed by atoms with Crippen LogP contribution in [0.4, 0.5) is 5.69 Å². The molecule has 186 valence electrons. The normalized spacial score (nSPS) is 12.7. The number of imide groups is 1. The maximum Gasteiger partial charge on any atom is 0.306 e. The highest BCUT2D eigenvalue weighted by Gasteiger charge is 2.41. The summed E-state index contributed by atoms with van der Waals surface area (Å²) >= 11 is 24.2. The molecule has 0 fully saturated rings. The average Bonchev–Trinajstić information content (AvgIpc) is 3.06. The standard InChI is InChI=1S/C24H22Cl4N2O5/c1-12-7-8-14(13(2)10-12)29-15(31)11-35-16(32)6-4-3-5-9-30-23(33)17-18(24(30)34)20(26)22(28)21(27)19(17)25/h7-8,10H,3-6,9,11H2,1-2H3,(H,29,31). The number of hydrogen-bond donors (Lipinski definition) is 1. The lowest BCUT2D eigenvalue weighted by Crippen LogP contribution is -2.30. The van der Waals surface area contributed by atoms with Crippen molar-refractivity contribution >= 4 is 75.8 Å². The molecule has 7 nitrogen and oxygen atoms in total. The van der Waals surface area contributed by atoms with Crippen molar-refractivity contribution in [2.75, 3.05) is 18.5 Å². The summed E-state index contributed by atoms with van der Waals surface area (Å²) in [5.41, 5.74) is 2.55. The van der Waals surface area contributed by atoms with E-state index in [4.69, 9.17) is 51.1 Å². The molecule has 0 saturated carbocycles. The van der Waals surface area contributed by atoms with Gasteiger partial charge in [0.2, 0.25) is 0 Å². The molecule has 35 heavy (non-hydrogen) atoms. The summed E-state index contributed by atoms with van der Waals surface area (Å²) < 4.78 is 5.02. The number of anilines is 1. The van der Waals surface area contributed by atoms with Crippen molar-refractivity contribution in [1.82, 2.24) is 4.90 Å². The fraction of sp³-hybridized carbons (Fsp3) is 0.333. The van der Waals surface area contributed by atoms with Gasteiger partial charge in [0, 0.05) is 18.7 Å². The Hall–Kier alpha value is -2.32. The molecular weight excluding hydrogens is 538 g/mol. The van der Waals surface area contributed by atoms with E-state index in [2.05, 4.69) is 5.32 Å². The topological polar surface area (TPSA) is 92.8 Å². The van der Waals surface area contributed by atoms with Crippen molar-refractivity contribution < 1.29 is 23.9 Å². The number of fused-ring (bicyclic) bond motifs is 1. The molecule has 1 aliphatic rings. The molecule has 0 saturated heterocycles. The highest BCUT2D eigenvalue weighted by Crippen LogP contribution is 2.44. The van der Waals surface area contributed by atoms with Gasteiger partial charge in [0.1, 0.15) is 0 Å². The summed E-state index contributed by atoms with van der Waals surface area (Å²) in [5.74, 6) is -2.12. The maximum absolute atomic E-state index is 12.7. The molecule has 0 bridgehead atoms. The van der Waals surface area contributed by atoms with Gasteiger partial charge in [-0.25, -0.2) is 0 Å². The molecule has 11 heteroatoms. The van der Waals surface area contributed by atoms with E-state index in [0.717, 1.165) is 16.0 Å². The Morgan fingerprint density at radius 1 is 0.886 bits per heavy atom. The number of esters is 1. The van der Waals surface area contributed by atoms with Crippen molar-refractivity contribution in [3.63, 3.8) is 0 Å². The number of amides is 3. The second kappa shape index (κ2) is 11.6. The zero-order valence-corrected chi connectivity index (χ0v) is 22.0. The van der Waals surface area contributed by atoms with Crippen molar-refractivity contribution in [2.24, 2.45) is 0 Å². The molecule has 0 atom stereocenters. The molecule has 0 unspecified atom stereocenters. The molecule has 1 heterocycles. The van der Waals surface area contributed by atoms with E-state index < -0.39 is 23.7 Å². The van der Waals surface area contributed by atoms with Crippen LogP contribution in [0, 0.1) is 13.8 Å². The minimum atomic E-state index is -0.593. The van der Waals surface area contributed by atoms with Crippen LogP contribution in [0.15, 0.2) is 18.2 Å². The molecular formula is C24H22Cl4N2O5. The minimum Gasteiger partial charge on any atom is -0.456 e. The number of halogens is 4. The number of nitrogens with one attached hydrogen (secondary N) is 1. The summed E-state index contributed by atoms with van der Waals surface area (Å²) in [6.07, 6.45) is 1.55. The lowest BCUT2D eigenvalue weighted by molar-refractivity contribution is -0.147. The van der Waals surface area contributed by atoms with E-state index in [1.54, 1.807) is 6.07 Å². The molecule has 2 aromatic carbocycles. The van der Waals surface area contributed by atoms with Gasteiger partial charge in [-0.3, -0.25) is 24.1 Å². The van der Waals surface area contributed by atoms with E-state index in [1.165, 1.54) is 0 Å². The first-order valence-electron chi connectivity index (χ1n) is 10.8. The summed E-state index contributed by atoms with van der Waals surface area (Å²) in [6, 6.07) is 5.62. The van der Waals surface area contributed by atoms with Crippen LogP contribution in [0.2, 0.25) is 20.1 Å². The summed E-state index contributed by atoms with van der Waals surface area (Å²) in [7, 11) is 0. The third-order valence-electron chi connectivity index (χ3n) is 5.47. The van der Waals surface area contributed by atoms with Gasteiger partial charge in [0.25, 0.3) is 17.7 Å². The molecule has 1 N–H and O–H groups in total. The number of rotatable bonds is 9. The largest absolute Gasteiger partial charge is 0.456 e. The Kier molecular flexibility index (Phi) is 9.05. The van der Waals surface area contributed by atoms with Crippen LogP contribution in [-0.2, 0) is 14.3 Å². The summed E-state index contributed by atoms with van der Waals surface area (Å²) in [5, 5.41) is 2.33. The summed E-state index contributed by atoms with van der Waals surface area (Å²) in [6.45, 7) is 3.57. The fourth-order valence-corrected chi connectivity index (χ4v) is 4.69. The quantitative estimate of drug-likeness (QED) is 0.129. The Morgan fingerprint density at radius 3 is 2.06 bits per heavy atom. The smallest absolute Gasteiger partial charge is 0.306 e. The van der Waals surface area contributed by atoms with E-state index in [0.29, 0.717) is 24.9 Å². The molecule has 3 amide bonds. The fourth-order valence-electron chi connectivity index (χ4n) is 3.67. The zero-order valence-electron chi connectivity index (χ0n) is 19.0. The van der Waals surface area contributed by atoms with Crippen LogP contribution in [-0.4, -0.2) is 41.7 Å². The van der Waals surface area contributed by atoms with Gasteiger partial charge in [0.05, 0.1) is 31.2 Å². The number of carbonyl (C=O) groups is 4. The monoisotopic (exact) mass is 558 g/mol. The molecule has 0 aromatic heterocycles. The highest BCUT2D eigenvalue weighted by atomic mass is 35.5. The molecule has 1 aliphatic heterocycles. The summed E-state index contributed by atoms with van der Waals surface area (Å²) in [4.78, 5) is 50.4. The number of ether oxygens (including phenoxy) is 1. The average molecular weight is 560 g/mol. The van der Waals surface area contributed by atoms with Gasteiger partial charge in [0.15, 0.2) is 6.61 Å². The first-order valence-corrected chi connectivity index (χ1v) is 12.3. The second-order valence-corrected chi connectivity index (χ2v) is 9.62. The number of hydrogen-bond acceptors (Lipinski definition) is 5. The molecule has 2 aromatic rings. The van der Waals surface area contributed by atoms with Crippen molar-refractivity contribution in [2.45, 2.75) is 39.5 Å². The predicted octanol–water partition coefficient (Wildman–Crippen LogP) is 6.26. The molecule has 0 spiro atoms. The number of aryl methyl sites for hydroxylation is 2. The van der Waals surface area contributed by atoms with E-state index >= 15 is 0 Å². The molecule has 0 aliphatic carbocycles. The molecule has 0 radical (unpaired) electrons. The Morgan fingerprint density at radius 2 is 1.49 bits per heavy atom. The highest BCUT2D eigenvalue weighted by molar-refractivity contribution is 6.55. The van der Waals surface area contributed by atoms with Crippen LogP contribution >= 0.6 is 46.4 Å². The Balaban J connectivity index is 1.40. The van der Waals surface area contributed by atoms with Crippen LogP contribution in [0.5, 0.6) is 0 Å². The van der Waals surface area contributed by atoms with Crippen LogP contribution in [0.25, 0.3) is 0 Å². The van der Waals surface area contributed by atoms with Gasteiger partial charge in [-0.05, 0) is 38.3 Å². The van der Waals surface area contributed by atoms with E-state index in [-0.39, 0.29) is 50.8 Å². The van der Waals surface area contributed by atoms with Gasteiger partial charge in [-0.2, -0.15) is 0 Å². The number of carbonyl (C=O) groups excluding carboxylic acids is 4. The number of nitrogens with zero attached hydrogens (tertiary/aromatic N) is 1. The number of unbranched alkanes of at least 4 members (excludes halogenated alkanes) is 2. The lowest BCUT2D eigenvalue weighted by atomic mass is 10.1. The first kappa shape index (κ1) is 27.3. The van der Waals surface area contributed by atoms with E-state index in [1.807, 2.05) is 26.0 Å². The van der Waals surface area contributed by atoms with Crippen molar-refractivity contribution in [3.05, 3.63) is 60.5 Å². The van der Waals surface area contributed by atoms with Crippen LogP contribution < -0.4 is 5.32 Å². The zero-order chi connectivity index (χ0) is 25.9. The van der Waals surface area contributed by atoms with Crippen LogP contribution in [0.1, 0.15) is 57.5 Å². The first-order chi connectivity index (χ1) is 16.5. The Labute approximate surface area is 222 Å². The number of benzene rings is 2. The third-order valence-corrected chi connectivity index (χ3v) is 7.27. The second-order valence-electron chi connectivity index (χ2n) is 8.11.